The van der Waals surface area contributed by atoms with Crippen molar-refractivity contribution in [2.75, 3.05) is 5.75 Å². The molecule has 2 rings (SSSR count). The molecule has 0 aromatic heterocycles. The molecule has 1 saturated heterocycles. The minimum Gasteiger partial charge on any atom is -0.305 e. The number of sulfone groups is 1. The molecule has 1 N–H and O–H groups in total. The lowest BCUT2D eigenvalue weighted by atomic mass is 10.0. The molecule has 0 radical (unpaired) electrons. The molecule has 0 aliphatic carbocycles. The van der Waals surface area contributed by atoms with Crippen LogP contribution in [0, 0.1) is 0 Å². The number of hydrogen-bond acceptors (Lipinski definition) is 3. The summed E-state index contributed by atoms with van der Waals surface area (Å²) in [6.45, 7) is 3.64. The molecule has 1 fully saturated rings. The smallest absolute Gasteiger partial charge is 0.156 e. The Morgan fingerprint density at radius 2 is 2.06 bits per heavy atom. The summed E-state index contributed by atoms with van der Waals surface area (Å²) in [6, 6.07) is 7.16. The van der Waals surface area contributed by atoms with Gasteiger partial charge in [0.2, 0.25) is 0 Å². The minimum atomic E-state index is -3.03. The molecule has 0 bridgehead atoms. The van der Waals surface area contributed by atoms with E-state index in [1.165, 1.54) is 0 Å². The van der Waals surface area contributed by atoms with Crippen LogP contribution in [0.2, 0.25) is 5.02 Å². The van der Waals surface area contributed by atoms with E-state index in [9.17, 15) is 8.42 Å². The van der Waals surface area contributed by atoms with E-state index >= 15 is 0 Å². The van der Waals surface area contributed by atoms with E-state index in [4.69, 9.17) is 11.6 Å². The third kappa shape index (κ3) is 2.64. The molecule has 3 atom stereocenters. The predicted octanol–water partition coefficient (Wildman–Crippen LogP) is 2.18. The number of halogens is 1. The second-order valence-electron chi connectivity index (χ2n) is 4.64. The first-order valence-corrected chi connectivity index (χ1v) is 7.72. The van der Waals surface area contributed by atoms with Crippen LogP contribution in [-0.2, 0) is 9.84 Å². The third-order valence-corrected chi connectivity index (χ3v) is 5.79. The Morgan fingerprint density at radius 1 is 1.35 bits per heavy atom. The summed E-state index contributed by atoms with van der Waals surface area (Å²) in [5.41, 5.74) is 0.931. The largest absolute Gasteiger partial charge is 0.305 e. The Hall–Kier alpha value is -0.580. The van der Waals surface area contributed by atoms with Crippen LogP contribution in [0.1, 0.15) is 25.5 Å². The number of rotatable bonds is 1. The van der Waals surface area contributed by atoms with Crippen LogP contribution in [0.15, 0.2) is 24.3 Å². The van der Waals surface area contributed by atoms with Gasteiger partial charge in [-0.15, -0.1) is 0 Å². The molecule has 5 heteroatoms. The molecule has 0 amide bonds. The Balaban J connectivity index is 2.38. The van der Waals surface area contributed by atoms with Crippen LogP contribution in [0.5, 0.6) is 0 Å². The first-order chi connectivity index (χ1) is 7.90. The number of benzene rings is 1. The zero-order chi connectivity index (χ0) is 12.6. The van der Waals surface area contributed by atoms with E-state index in [1.54, 1.807) is 13.0 Å². The molecule has 1 aliphatic rings. The van der Waals surface area contributed by atoms with E-state index in [0.29, 0.717) is 5.02 Å². The average Bonchev–Trinajstić information content (AvgIpc) is 2.22. The summed E-state index contributed by atoms with van der Waals surface area (Å²) in [4.78, 5) is 0. The fourth-order valence-electron chi connectivity index (χ4n) is 2.27. The average molecular weight is 274 g/mol. The molecular formula is C12H16ClNO2S. The standard InChI is InChI=1S/C12H16ClNO2S/c1-8-7-17(15,16)9(2)12(14-8)10-4-3-5-11(13)6-10/h3-6,8-9,12,14H,7H2,1-2H3. The van der Waals surface area contributed by atoms with Crippen molar-refractivity contribution < 1.29 is 8.42 Å². The summed E-state index contributed by atoms with van der Waals surface area (Å²) in [7, 11) is -3.03. The van der Waals surface area contributed by atoms with Gasteiger partial charge in [0.15, 0.2) is 9.84 Å². The minimum absolute atomic E-state index is 0.0276. The van der Waals surface area contributed by atoms with Crippen LogP contribution in [-0.4, -0.2) is 25.5 Å². The van der Waals surface area contributed by atoms with Gasteiger partial charge in [0.1, 0.15) is 0 Å². The molecular weight excluding hydrogens is 258 g/mol. The van der Waals surface area contributed by atoms with E-state index in [2.05, 4.69) is 5.32 Å². The highest BCUT2D eigenvalue weighted by molar-refractivity contribution is 7.92. The Kier molecular flexibility index (Phi) is 3.48. The molecule has 1 aliphatic heterocycles. The van der Waals surface area contributed by atoms with Crippen LogP contribution >= 0.6 is 11.6 Å². The van der Waals surface area contributed by atoms with Gasteiger partial charge in [-0.3, -0.25) is 0 Å². The van der Waals surface area contributed by atoms with Gasteiger partial charge in [-0.25, -0.2) is 8.42 Å². The Bertz CT molecular complexity index is 515. The SMILES string of the molecule is CC1CS(=O)(=O)C(C)C(c2cccc(Cl)c2)N1. The molecule has 1 aromatic rings. The topological polar surface area (TPSA) is 46.2 Å². The quantitative estimate of drug-likeness (QED) is 0.853. The highest BCUT2D eigenvalue weighted by atomic mass is 35.5. The van der Waals surface area contributed by atoms with Gasteiger partial charge in [-0.1, -0.05) is 23.7 Å². The van der Waals surface area contributed by atoms with Crippen molar-refractivity contribution in [1.29, 1.82) is 0 Å². The molecule has 3 unspecified atom stereocenters. The molecule has 1 aromatic carbocycles. The third-order valence-electron chi connectivity index (χ3n) is 3.19. The van der Waals surface area contributed by atoms with E-state index < -0.39 is 15.1 Å². The first-order valence-electron chi connectivity index (χ1n) is 5.63. The van der Waals surface area contributed by atoms with Gasteiger partial charge >= 0.3 is 0 Å². The Labute approximate surface area is 107 Å². The van der Waals surface area contributed by atoms with Gasteiger partial charge in [-0.05, 0) is 31.5 Å². The van der Waals surface area contributed by atoms with Crippen molar-refractivity contribution in [2.24, 2.45) is 0 Å². The molecule has 0 saturated carbocycles. The van der Waals surface area contributed by atoms with E-state index in [1.807, 2.05) is 25.1 Å². The molecule has 17 heavy (non-hydrogen) atoms. The second-order valence-corrected chi connectivity index (χ2v) is 7.47. The number of hydrogen-bond donors (Lipinski definition) is 1. The van der Waals surface area contributed by atoms with E-state index in [0.717, 1.165) is 5.56 Å². The maximum Gasteiger partial charge on any atom is 0.156 e. The highest BCUT2D eigenvalue weighted by Gasteiger charge is 2.37. The van der Waals surface area contributed by atoms with Crippen molar-refractivity contribution in [3.8, 4) is 0 Å². The molecule has 94 valence electrons. The van der Waals surface area contributed by atoms with E-state index in [-0.39, 0.29) is 17.8 Å². The van der Waals surface area contributed by atoms with Crippen molar-refractivity contribution in [2.45, 2.75) is 31.2 Å². The molecule has 3 nitrogen and oxygen atoms in total. The summed E-state index contributed by atoms with van der Waals surface area (Å²) < 4.78 is 24.0. The lowest BCUT2D eigenvalue weighted by Crippen LogP contribution is -2.50. The van der Waals surface area contributed by atoms with Gasteiger partial charge in [0.25, 0.3) is 0 Å². The Morgan fingerprint density at radius 3 is 2.71 bits per heavy atom. The maximum absolute atomic E-state index is 12.0. The molecule has 0 spiro atoms. The predicted molar refractivity (Wildman–Crippen MR) is 70.0 cm³/mol. The summed E-state index contributed by atoms with van der Waals surface area (Å²) in [5, 5.41) is 3.54. The van der Waals surface area contributed by atoms with Crippen molar-refractivity contribution in [3.05, 3.63) is 34.9 Å². The van der Waals surface area contributed by atoms with Crippen molar-refractivity contribution >= 4 is 21.4 Å². The van der Waals surface area contributed by atoms with Gasteiger partial charge in [-0.2, -0.15) is 0 Å². The van der Waals surface area contributed by atoms with Crippen LogP contribution < -0.4 is 5.32 Å². The van der Waals surface area contributed by atoms with Crippen LogP contribution in [0.4, 0.5) is 0 Å². The van der Waals surface area contributed by atoms with Gasteiger partial charge in [0, 0.05) is 17.1 Å². The summed E-state index contributed by atoms with van der Waals surface area (Å²) >= 11 is 5.94. The van der Waals surface area contributed by atoms with Crippen molar-refractivity contribution in [3.63, 3.8) is 0 Å². The zero-order valence-corrected chi connectivity index (χ0v) is 11.4. The summed E-state index contributed by atoms with van der Waals surface area (Å²) in [5.74, 6) is 0.200. The van der Waals surface area contributed by atoms with Gasteiger partial charge < -0.3 is 5.32 Å². The van der Waals surface area contributed by atoms with Gasteiger partial charge in [0.05, 0.1) is 11.0 Å². The monoisotopic (exact) mass is 273 g/mol. The lowest BCUT2D eigenvalue weighted by Gasteiger charge is -2.34. The fourth-order valence-corrected chi connectivity index (χ4v) is 4.21. The highest BCUT2D eigenvalue weighted by Crippen LogP contribution is 2.28. The summed E-state index contributed by atoms with van der Waals surface area (Å²) in [6.07, 6.45) is 0. The lowest BCUT2D eigenvalue weighted by molar-refractivity contribution is 0.428. The fraction of sp³-hybridized carbons (Fsp3) is 0.500. The zero-order valence-electron chi connectivity index (χ0n) is 9.85. The second kappa shape index (κ2) is 4.59. The first kappa shape index (κ1) is 12.9. The van der Waals surface area contributed by atoms with Crippen LogP contribution in [0.3, 0.4) is 0 Å². The number of nitrogens with one attached hydrogen (secondary N) is 1. The molecule has 1 heterocycles. The normalized spacial score (nSPS) is 32.3. The van der Waals surface area contributed by atoms with Crippen LogP contribution in [0.25, 0.3) is 0 Å². The maximum atomic E-state index is 12.0. The van der Waals surface area contributed by atoms with Crippen molar-refractivity contribution in [1.82, 2.24) is 5.32 Å².